The summed E-state index contributed by atoms with van der Waals surface area (Å²) >= 11 is 0. The molecule has 1 saturated heterocycles. The predicted octanol–water partition coefficient (Wildman–Crippen LogP) is 2.14. The summed E-state index contributed by atoms with van der Waals surface area (Å²) in [6.45, 7) is 4.90. The minimum atomic E-state index is -0.353. The molecule has 1 aromatic carbocycles. The van der Waals surface area contributed by atoms with Gasteiger partial charge in [0.15, 0.2) is 0 Å². The number of ether oxygens (including phenoxy) is 1. The number of cyclic esters (lactones) is 1. The van der Waals surface area contributed by atoms with Gasteiger partial charge in [-0.25, -0.2) is 0 Å². The van der Waals surface area contributed by atoms with Crippen LogP contribution in [-0.2, 0) is 14.9 Å². The molecule has 0 unspecified atom stereocenters. The van der Waals surface area contributed by atoms with Gasteiger partial charge < -0.3 is 4.74 Å². The van der Waals surface area contributed by atoms with Gasteiger partial charge in [0.05, 0.1) is 6.61 Å². The zero-order valence-corrected chi connectivity index (χ0v) is 8.99. The standard InChI is InChI=1S/C13H14O2/c1-12(2)10-8-15-11(14)13(10,12)9-6-4-3-5-7-9/h3-7,10H,8H2,1-2H3/t10-,13+/m0/s1. The number of carbonyl (C=O) groups is 1. The van der Waals surface area contributed by atoms with E-state index in [1.54, 1.807) is 0 Å². The lowest BCUT2D eigenvalue weighted by molar-refractivity contribution is -0.144. The van der Waals surface area contributed by atoms with Gasteiger partial charge in [0.2, 0.25) is 0 Å². The molecule has 2 heteroatoms. The first kappa shape index (κ1) is 8.96. The Balaban J connectivity index is 2.15. The van der Waals surface area contributed by atoms with Crippen LogP contribution in [0.25, 0.3) is 0 Å². The van der Waals surface area contributed by atoms with Gasteiger partial charge in [0, 0.05) is 5.92 Å². The van der Waals surface area contributed by atoms with E-state index in [1.807, 2.05) is 30.3 Å². The molecular formula is C13H14O2. The van der Waals surface area contributed by atoms with Crippen molar-refractivity contribution in [1.82, 2.24) is 0 Å². The Morgan fingerprint density at radius 1 is 1.27 bits per heavy atom. The van der Waals surface area contributed by atoms with Crippen LogP contribution in [0.5, 0.6) is 0 Å². The number of rotatable bonds is 1. The van der Waals surface area contributed by atoms with Crippen LogP contribution in [0, 0.1) is 11.3 Å². The number of hydrogen-bond acceptors (Lipinski definition) is 2. The maximum Gasteiger partial charge on any atom is 0.317 e. The minimum absolute atomic E-state index is 0.0382. The molecule has 15 heavy (non-hydrogen) atoms. The molecule has 0 bridgehead atoms. The second-order valence-corrected chi connectivity index (χ2v) is 5.05. The van der Waals surface area contributed by atoms with Crippen molar-refractivity contribution in [3.63, 3.8) is 0 Å². The van der Waals surface area contributed by atoms with Crippen molar-refractivity contribution in [1.29, 1.82) is 0 Å². The van der Waals surface area contributed by atoms with Crippen molar-refractivity contribution in [2.75, 3.05) is 6.61 Å². The third-order valence-electron chi connectivity index (χ3n) is 4.26. The second kappa shape index (κ2) is 2.43. The first-order valence-corrected chi connectivity index (χ1v) is 5.34. The van der Waals surface area contributed by atoms with E-state index < -0.39 is 0 Å². The predicted molar refractivity (Wildman–Crippen MR) is 56.4 cm³/mol. The average Bonchev–Trinajstić information content (AvgIpc) is 2.53. The molecule has 0 aromatic heterocycles. The molecule has 78 valence electrons. The maximum atomic E-state index is 11.9. The summed E-state index contributed by atoms with van der Waals surface area (Å²) < 4.78 is 5.17. The fourth-order valence-corrected chi connectivity index (χ4v) is 3.27. The highest BCUT2D eigenvalue weighted by molar-refractivity contribution is 5.92. The van der Waals surface area contributed by atoms with Crippen LogP contribution < -0.4 is 0 Å². The SMILES string of the molecule is CC1(C)[C@@H]2COC(=O)[C@@]21c1ccccc1. The summed E-state index contributed by atoms with van der Waals surface area (Å²) in [6, 6.07) is 10.0. The summed E-state index contributed by atoms with van der Waals surface area (Å²) in [5, 5.41) is 0. The molecule has 0 N–H and O–H groups in total. The molecule has 3 rings (SSSR count). The van der Waals surface area contributed by atoms with Gasteiger partial charge in [-0.3, -0.25) is 4.79 Å². The van der Waals surface area contributed by atoms with E-state index in [-0.39, 0.29) is 16.8 Å². The van der Waals surface area contributed by atoms with Gasteiger partial charge in [-0.15, -0.1) is 0 Å². The zero-order valence-electron chi connectivity index (χ0n) is 8.99. The third kappa shape index (κ3) is 0.796. The lowest BCUT2D eigenvalue weighted by Gasteiger charge is -2.17. The number of benzene rings is 1. The molecule has 1 saturated carbocycles. The van der Waals surface area contributed by atoms with E-state index in [0.717, 1.165) is 5.56 Å². The maximum absolute atomic E-state index is 11.9. The van der Waals surface area contributed by atoms with Crippen LogP contribution in [-0.4, -0.2) is 12.6 Å². The van der Waals surface area contributed by atoms with E-state index in [4.69, 9.17) is 4.74 Å². The molecular weight excluding hydrogens is 188 g/mol. The van der Waals surface area contributed by atoms with Crippen molar-refractivity contribution < 1.29 is 9.53 Å². The van der Waals surface area contributed by atoms with E-state index in [2.05, 4.69) is 13.8 Å². The van der Waals surface area contributed by atoms with Gasteiger partial charge in [-0.05, 0) is 11.0 Å². The highest BCUT2D eigenvalue weighted by Gasteiger charge is 2.80. The van der Waals surface area contributed by atoms with E-state index in [0.29, 0.717) is 12.5 Å². The smallest absolute Gasteiger partial charge is 0.317 e. The lowest BCUT2D eigenvalue weighted by Crippen LogP contribution is -2.25. The quantitative estimate of drug-likeness (QED) is 0.652. The minimum Gasteiger partial charge on any atom is -0.465 e. The molecule has 0 spiro atoms. The van der Waals surface area contributed by atoms with E-state index in [9.17, 15) is 4.79 Å². The van der Waals surface area contributed by atoms with Crippen molar-refractivity contribution in [3.05, 3.63) is 35.9 Å². The van der Waals surface area contributed by atoms with Crippen LogP contribution in [0.2, 0.25) is 0 Å². The molecule has 1 aliphatic heterocycles. The molecule has 1 aromatic rings. The van der Waals surface area contributed by atoms with Crippen molar-refractivity contribution in [3.8, 4) is 0 Å². The first-order valence-electron chi connectivity index (χ1n) is 5.34. The Kier molecular flexibility index (Phi) is 1.45. The summed E-state index contributed by atoms with van der Waals surface area (Å²) in [5.74, 6) is 0.323. The number of hydrogen-bond donors (Lipinski definition) is 0. The molecule has 0 radical (unpaired) electrons. The van der Waals surface area contributed by atoms with Crippen molar-refractivity contribution in [2.45, 2.75) is 19.3 Å². The zero-order chi connectivity index (χ0) is 10.7. The third-order valence-corrected chi connectivity index (χ3v) is 4.26. The molecule has 2 atom stereocenters. The highest BCUT2D eigenvalue weighted by atomic mass is 16.5. The molecule has 1 aliphatic carbocycles. The largest absolute Gasteiger partial charge is 0.465 e. The van der Waals surface area contributed by atoms with Gasteiger partial charge >= 0.3 is 5.97 Å². The fourth-order valence-electron chi connectivity index (χ4n) is 3.27. The number of fused-ring (bicyclic) bond motifs is 1. The molecule has 2 aliphatic rings. The monoisotopic (exact) mass is 202 g/mol. The molecule has 0 amide bonds. The van der Waals surface area contributed by atoms with Gasteiger partial charge in [0.1, 0.15) is 5.41 Å². The molecule has 2 nitrogen and oxygen atoms in total. The van der Waals surface area contributed by atoms with Gasteiger partial charge in [0.25, 0.3) is 0 Å². The topological polar surface area (TPSA) is 26.3 Å². The van der Waals surface area contributed by atoms with Crippen LogP contribution in [0.4, 0.5) is 0 Å². The number of carbonyl (C=O) groups excluding carboxylic acids is 1. The van der Waals surface area contributed by atoms with Crippen LogP contribution in [0.3, 0.4) is 0 Å². The molecule has 2 fully saturated rings. The van der Waals surface area contributed by atoms with Gasteiger partial charge in [-0.1, -0.05) is 44.2 Å². The lowest BCUT2D eigenvalue weighted by atomic mass is 9.88. The van der Waals surface area contributed by atoms with Crippen molar-refractivity contribution in [2.24, 2.45) is 11.3 Å². The Bertz CT molecular complexity index is 421. The van der Waals surface area contributed by atoms with Gasteiger partial charge in [-0.2, -0.15) is 0 Å². The fraction of sp³-hybridized carbons (Fsp3) is 0.462. The van der Waals surface area contributed by atoms with E-state index >= 15 is 0 Å². The van der Waals surface area contributed by atoms with Crippen LogP contribution in [0.1, 0.15) is 19.4 Å². The van der Waals surface area contributed by atoms with E-state index in [1.165, 1.54) is 0 Å². The Morgan fingerprint density at radius 3 is 2.47 bits per heavy atom. The summed E-state index contributed by atoms with van der Waals surface area (Å²) in [5.41, 5.74) is 0.820. The highest BCUT2D eigenvalue weighted by Crippen LogP contribution is 2.72. The molecule has 1 heterocycles. The average molecular weight is 202 g/mol. The summed E-state index contributed by atoms with van der Waals surface area (Å²) in [6.07, 6.45) is 0. The Morgan fingerprint density at radius 2 is 1.93 bits per heavy atom. The summed E-state index contributed by atoms with van der Waals surface area (Å²) in [7, 11) is 0. The second-order valence-electron chi connectivity index (χ2n) is 5.05. The Hall–Kier alpha value is -1.31. The summed E-state index contributed by atoms with van der Waals surface area (Å²) in [4.78, 5) is 11.9. The number of esters is 1. The first-order chi connectivity index (χ1) is 7.12. The van der Waals surface area contributed by atoms with Crippen molar-refractivity contribution >= 4 is 5.97 Å². The normalized spacial score (nSPS) is 35.9. The Labute approximate surface area is 89.2 Å². The van der Waals surface area contributed by atoms with Crippen LogP contribution in [0.15, 0.2) is 30.3 Å². The van der Waals surface area contributed by atoms with Crippen LogP contribution >= 0.6 is 0 Å².